The topological polar surface area (TPSA) is 75.3 Å². The zero-order valence-electron chi connectivity index (χ0n) is 13.5. The van der Waals surface area contributed by atoms with Gasteiger partial charge in [0.15, 0.2) is 0 Å². The first-order valence-electron chi connectivity index (χ1n) is 7.34. The molecule has 0 aliphatic heterocycles. The normalized spacial score (nSPS) is 12.8. The third kappa shape index (κ3) is 5.34. The molecule has 130 valence electrons. The van der Waals surface area contributed by atoms with Gasteiger partial charge in [-0.1, -0.05) is 18.2 Å². The Labute approximate surface area is 150 Å². The fraction of sp³-hybridized carbons (Fsp3) is 0.312. The highest BCUT2D eigenvalue weighted by Gasteiger charge is 2.26. The molecule has 1 amide bonds. The van der Waals surface area contributed by atoms with Crippen LogP contribution in [0.3, 0.4) is 0 Å². The molecule has 0 radical (unpaired) electrons. The van der Waals surface area contributed by atoms with Crippen molar-refractivity contribution < 1.29 is 13.2 Å². The number of thioether (sulfide) groups is 1. The monoisotopic (exact) mass is 384 g/mol. The van der Waals surface area contributed by atoms with Crippen LogP contribution in [0.1, 0.15) is 12.0 Å². The highest BCUT2D eigenvalue weighted by atomic mass is 32.2. The summed E-state index contributed by atoms with van der Waals surface area (Å²) in [5, 5.41) is 4.48. The summed E-state index contributed by atoms with van der Waals surface area (Å²) >= 11 is 2.69. The standard InChI is InChI=1S/C16H20N2O3S3/c1-12-5-3-6-13(11-12)17-16(19)14(8-10-22-2)18-24(20,21)15-7-4-9-23-15/h3-7,9,11,14,18H,8,10H2,1-2H3,(H,17,19). The Balaban J connectivity index is 2.13. The number of amides is 1. The minimum atomic E-state index is -3.69. The predicted molar refractivity (Wildman–Crippen MR) is 101 cm³/mol. The fourth-order valence-electron chi connectivity index (χ4n) is 2.09. The third-order valence-corrected chi connectivity index (χ3v) is 6.78. The van der Waals surface area contributed by atoms with Crippen molar-refractivity contribution in [3.63, 3.8) is 0 Å². The van der Waals surface area contributed by atoms with Crippen LogP contribution in [0.25, 0.3) is 0 Å². The van der Waals surface area contributed by atoms with Crippen molar-refractivity contribution in [2.24, 2.45) is 0 Å². The summed E-state index contributed by atoms with van der Waals surface area (Å²) in [6, 6.07) is 9.78. The number of thiophene rings is 1. The van der Waals surface area contributed by atoms with E-state index in [2.05, 4.69) is 10.0 Å². The maximum Gasteiger partial charge on any atom is 0.250 e. The third-order valence-electron chi connectivity index (χ3n) is 3.27. The lowest BCUT2D eigenvalue weighted by Gasteiger charge is -2.18. The second-order valence-electron chi connectivity index (χ2n) is 5.25. The molecule has 8 heteroatoms. The minimum Gasteiger partial charge on any atom is -0.325 e. The van der Waals surface area contributed by atoms with E-state index >= 15 is 0 Å². The van der Waals surface area contributed by atoms with Crippen LogP contribution in [0.5, 0.6) is 0 Å². The number of anilines is 1. The molecule has 0 aliphatic carbocycles. The number of benzene rings is 1. The van der Waals surface area contributed by atoms with Crippen molar-refractivity contribution in [3.8, 4) is 0 Å². The molecule has 0 saturated carbocycles. The van der Waals surface area contributed by atoms with Gasteiger partial charge in [-0.25, -0.2) is 8.42 Å². The SMILES string of the molecule is CSCCC(NS(=O)(=O)c1cccs1)C(=O)Nc1cccc(C)c1. The van der Waals surface area contributed by atoms with E-state index in [-0.39, 0.29) is 10.1 Å². The number of aryl methyl sites for hydroxylation is 1. The van der Waals surface area contributed by atoms with Crippen molar-refractivity contribution in [1.82, 2.24) is 4.72 Å². The van der Waals surface area contributed by atoms with Crippen molar-refractivity contribution in [1.29, 1.82) is 0 Å². The molecule has 1 heterocycles. The molecular formula is C16H20N2O3S3. The van der Waals surface area contributed by atoms with Crippen molar-refractivity contribution in [3.05, 3.63) is 47.3 Å². The second kappa shape index (κ2) is 8.66. The lowest BCUT2D eigenvalue weighted by Crippen LogP contribution is -2.43. The summed E-state index contributed by atoms with van der Waals surface area (Å²) in [5.74, 6) is 0.327. The maximum absolute atomic E-state index is 12.5. The molecular weight excluding hydrogens is 364 g/mol. The first kappa shape index (κ1) is 19.0. The van der Waals surface area contributed by atoms with Crippen molar-refractivity contribution in [2.45, 2.75) is 23.6 Å². The largest absolute Gasteiger partial charge is 0.325 e. The van der Waals surface area contributed by atoms with Crippen LogP contribution >= 0.6 is 23.1 Å². The number of carbonyl (C=O) groups excluding carboxylic acids is 1. The Hall–Kier alpha value is -1.35. The molecule has 2 N–H and O–H groups in total. The van der Waals surface area contributed by atoms with Crippen LogP contribution in [0, 0.1) is 6.92 Å². The van der Waals surface area contributed by atoms with Crippen LogP contribution in [-0.2, 0) is 14.8 Å². The van der Waals surface area contributed by atoms with Gasteiger partial charge in [0.1, 0.15) is 10.3 Å². The van der Waals surface area contributed by atoms with Crippen LogP contribution in [0.15, 0.2) is 46.0 Å². The van der Waals surface area contributed by atoms with Gasteiger partial charge in [-0.05, 0) is 54.5 Å². The van der Waals surface area contributed by atoms with E-state index < -0.39 is 16.1 Å². The van der Waals surface area contributed by atoms with E-state index in [0.29, 0.717) is 17.9 Å². The molecule has 2 rings (SSSR count). The number of hydrogen-bond acceptors (Lipinski definition) is 5. The quantitative estimate of drug-likeness (QED) is 0.733. The predicted octanol–water partition coefficient (Wildman–Crippen LogP) is 3.10. The first-order valence-corrected chi connectivity index (χ1v) is 11.1. The van der Waals surface area contributed by atoms with E-state index in [0.717, 1.165) is 16.9 Å². The zero-order chi connectivity index (χ0) is 17.6. The molecule has 1 aromatic carbocycles. The molecule has 0 aliphatic rings. The smallest absolute Gasteiger partial charge is 0.250 e. The Kier molecular flexibility index (Phi) is 6.85. The molecule has 1 aromatic heterocycles. The Morgan fingerprint density at radius 3 is 2.71 bits per heavy atom. The summed E-state index contributed by atoms with van der Waals surface area (Å²) in [4.78, 5) is 12.5. The number of hydrogen-bond donors (Lipinski definition) is 2. The highest BCUT2D eigenvalue weighted by Crippen LogP contribution is 2.17. The van der Waals surface area contributed by atoms with Gasteiger partial charge < -0.3 is 5.32 Å². The maximum atomic E-state index is 12.5. The number of sulfonamides is 1. The van der Waals surface area contributed by atoms with Crippen LogP contribution in [0.2, 0.25) is 0 Å². The second-order valence-corrected chi connectivity index (χ2v) is 9.12. The molecule has 1 atom stereocenters. The van der Waals surface area contributed by atoms with Gasteiger partial charge in [0.05, 0.1) is 0 Å². The molecule has 1 unspecified atom stereocenters. The van der Waals surface area contributed by atoms with Gasteiger partial charge in [-0.15, -0.1) is 11.3 Å². The van der Waals surface area contributed by atoms with Gasteiger partial charge in [0.2, 0.25) is 5.91 Å². The van der Waals surface area contributed by atoms with Gasteiger partial charge in [0.25, 0.3) is 10.0 Å². The Morgan fingerprint density at radius 2 is 2.08 bits per heavy atom. The highest BCUT2D eigenvalue weighted by molar-refractivity contribution is 7.98. The molecule has 0 saturated heterocycles. The lowest BCUT2D eigenvalue weighted by atomic mass is 10.2. The Morgan fingerprint density at radius 1 is 1.29 bits per heavy atom. The summed E-state index contributed by atoms with van der Waals surface area (Å²) in [6.07, 6.45) is 2.34. The van der Waals surface area contributed by atoms with Gasteiger partial charge in [-0.3, -0.25) is 4.79 Å². The van der Waals surface area contributed by atoms with Crippen LogP contribution in [0.4, 0.5) is 5.69 Å². The number of rotatable bonds is 8. The summed E-state index contributed by atoms with van der Waals surface area (Å²) < 4.78 is 27.5. The Bertz CT molecular complexity index is 774. The molecule has 2 aromatic rings. The summed E-state index contributed by atoms with van der Waals surface area (Å²) in [5.41, 5.74) is 1.68. The van der Waals surface area contributed by atoms with E-state index in [9.17, 15) is 13.2 Å². The summed E-state index contributed by atoms with van der Waals surface area (Å²) in [7, 11) is -3.69. The van der Waals surface area contributed by atoms with Crippen molar-refractivity contribution in [2.75, 3.05) is 17.3 Å². The van der Waals surface area contributed by atoms with E-state index in [4.69, 9.17) is 0 Å². The van der Waals surface area contributed by atoms with E-state index in [1.807, 2.05) is 31.4 Å². The number of carbonyl (C=O) groups is 1. The molecule has 24 heavy (non-hydrogen) atoms. The summed E-state index contributed by atoms with van der Waals surface area (Å²) in [6.45, 7) is 1.93. The van der Waals surface area contributed by atoms with E-state index in [1.54, 1.807) is 29.3 Å². The van der Waals surface area contributed by atoms with Gasteiger partial charge in [0, 0.05) is 5.69 Å². The minimum absolute atomic E-state index is 0.208. The van der Waals surface area contributed by atoms with Gasteiger partial charge >= 0.3 is 0 Å². The molecule has 5 nitrogen and oxygen atoms in total. The van der Waals surface area contributed by atoms with E-state index in [1.165, 1.54) is 6.07 Å². The molecule has 0 fully saturated rings. The zero-order valence-corrected chi connectivity index (χ0v) is 15.9. The number of nitrogens with one attached hydrogen (secondary N) is 2. The van der Waals surface area contributed by atoms with Crippen molar-refractivity contribution >= 4 is 44.7 Å². The van der Waals surface area contributed by atoms with Crippen LogP contribution < -0.4 is 10.0 Å². The lowest BCUT2D eigenvalue weighted by molar-refractivity contribution is -0.117. The van der Waals surface area contributed by atoms with Crippen LogP contribution in [-0.4, -0.2) is 32.4 Å². The average molecular weight is 385 g/mol. The first-order chi connectivity index (χ1) is 11.4. The average Bonchev–Trinajstić information content (AvgIpc) is 3.06. The van der Waals surface area contributed by atoms with Gasteiger partial charge in [-0.2, -0.15) is 16.5 Å². The fourth-order valence-corrected chi connectivity index (χ4v) is 4.80. The molecule has 0 spiro atoms. The molecule has 0 bridgehead atoms.